The average Bonchev–Trinajstić information content (AvgIpc) is 3.07. The van der Waals surface area contributed by atoms with Gasteiger partial charge in [0.15, 0.2) is 21.0 Å². The van der Waals surface area contributed by atoms with Gasteiger partial charge in [-0.3, -0.25) is 9.59 Å². The van der Waals surface area contributed by atoms with Crippen LogP contribution in [0.1, 0.15) is 28.1 Å². The fourth-order valence-corrected chi connectivity index (χ4v) is 5.55. The molecular formula is C22H20ClNO5S. The van der Waals surface area contributed by atoms with Crippen LogP contribution >= 0.6 is 11.6 Å². The van der Waals surface area contributed by atoms with Crippen molar-refractivity contribution in [3.63, 3.8) is 0 Å². The SMILES string of the molecule is Cc1ccc2oc(C(=O)N(Cc3ccc(Cl)cc3)C3CCS(=O)(=O)C3)cc(=O)c2c1. The van der Waals surface area contributed by atoms with Crippen molar-refractivity contribution in [2.45, 2.75) is 25.9 Å². The number of rotatable bonds is 4. The molecule has 0 aliphatic carbocycles. The molecule has 1 aliphatic rings. The average molecular weight is 446 g/mol. The lowest BCUT2D eigenvalue weighted by atomic mass is 10.1. The van der Waals surface area contributed by atoms with Gasteiger partial charge in [0.1, 0.15) is 5.58 Å². The minimum Gasteiger partial charge on any atom is -0.451 e. The third kappa shape index (κ3) is 4.27. The summed E-state index contributed by atoms with van der Waals surface area (Å²) >= 11 is 5.95. The van der Waals surface area contributed by atoms with Crippen LogP contribution in [0.15, 0.2) is 57.7 Å². The molecule has 1 saturated heterocycles. The Bertz CT molecular complexity index is 1280. The van der Waals surface area contributed by atoms with Crippen molar-refractivity contribution in [3.05, 3.63) is 80.7 Å². The van der Waals surface area contributed by atoms with E-state index in [1.54, 1.807) is 42.5 Å². The summed E-state index contributed by atoms with van der Waals surface area (Å²) in [5.74, 6) is -0.687. The van der Waals surface area contributed by atoms with Gasteiger partial charge in [-0.2, -0.15) is 0 Å². The number of aryl methyl sites for hydroxylation is 1. The highest BCUT2D eigenvalue weighted by molar-refractivity contribution is 7.91. The molecule has 1 atom stereocenters. The molecule has 6 nitrogen and oxygen atoms in total. The largest absolute Gasteiger partial charge is 0.451 e. The molecule has 0 bridgehead atoms. The molecule has 0 saturated carbocycles. The van der Waals surface area contributed by atoms with Gasteiger partial charge in [-0.05, 0) is 43.2 Å². The number of benzene rings is 2. The number of sulfone groups is 1. The third-order valence-corrected chi connectivity index (χ3v) is 7.27. The first-order valence-corrected chi connectivity index (χ1v) is 11.7. The minimum absolute atomic E-state index is 0.0308. The first kappa shape index (κ1) is 20.6. The summed E-state index contributed by atoms with van der Waals surface area (Å²) in [5.41, 5.74) is 1.72. The van der Waals surface area contributed by atoms with Gasteiger partial charge >= 0.3 is 0 Å². The molecule has 0 spiro atoms. The molecule has 0 N–H and O–H groups in total. The Balaban J connectivity index is 1.73. The molecule has 3 aromatic rings. The fourth-order valence-electron chi connectivity index (χ4n) is 3.69. The predicted octanol–water partition coefficient (Wildman–Crippen LogP) is 3.58. The van der Waals surface area contributed by atoms with Crippen LogP contribution in [-0.4, -0.2) is 36.8 Å². The molecule has 30 heavy (non-hydrogen) atoms. The maximum Gasteiger partial charge on any atom is 0.290 e. The molecule has 1 aromatic heterocycles. The van der Waals surface area contributed by atoms with Crippen molar-refractivity contribution in [2.24, 2.45) is 0 Å². The molecular weight excluding hydrogens is 426 g/mol. The molecule has 156 valence electrons. The van der Waals surface area contributed by atoms with Crippen LogP contribution in [0, 0.1) is 6.92 Å². The van der Waals surface area contributed by atoms with E-state index >= 15 is 0 Å². The standard InChI is InChI=1S/C22H20ClNO5S/c1-14-2-7-20-18(10-14)19(25)11-21(29-20)22(26)24(17-8-9-30(27,28)13-17)12-15-3-5-16(23)6-4-15/h2-7,10-11,17H,8-9,12-13H2,1H3. The lowest BCUT2D eigenvalue weighted by Crippen LogP contribution is -2.40. The summed E-state index contributed by atoms with van der Waals surface area (Å²) < 4.78 is 29.8. The molecule has 2 heterocycles. The van der Waals surface area contributed by atoms with E-state index in [1.165, 1.54) is 11.0 Å². The van der Waals surface area contributed by atoms with Gasteiger partial charge in [-0.1, -0.05) is 35.4 Å². The van der Waals surface area contributed by atoms with Crippen LogP contribution in [0.3, 0.4) is 0 Å². The highest BCUT2D eigenvalue weighted by Crippen LogP contribution is 2.24. The fraction of sp³-hybridized carbons (Fsp3) is 0.273. The summed E-state index contributed by atoms with van der Waals surface area (Å²) in [6, 6.07) is 12.9. The number of carbonyl (C=O) groups is 1. The van der Waals surface area contributed by atoms with E-state index in [4.69, 9.17) is 16.0 Å². The van der Waals surface area contributed by atoms with Crippen molar-refractivity contribution in [2.75, 3.05) is 11.5 Å². The zero-order chi connectivity index (χ0) is 21.5. The second-order valence-corrected chi connectivity index (χ2v) is 10.3. The summed E-state index contributed by atoms with van der Waals surface area (Å²) in [5, 5.41) is 0.968. The zero-order valence-electron chi connectivity index (χ0n) is 16.3. The number of amides is 1. The minimum atomic E-state index is -3.21. The second-order valence-electron chi connectivity index (χ2n) is 7.59. The van der Waals surface area contributed by atoms with Gasteiger partial charge in [0.2, 0.25) is 0 Å². The van der Waals surface area contributed by atoms with Crippen molar-refractivity contribution < 1.29 is 17.6 Å². The van der Waals surface area contributed by atoms with Crippen molar-refractivity contribution in [1.29, 1.82) is 0 Å². The summed E-state index contributed by atoms with van der Waals surface area (Å²) in [6.45, 7) is 2.05. The van der Waals surface area contributed by atoms with E-state index in [1.807, 2.05) is 6.92 Å². The van der Waals surface area contributed by atoms with Crippen LogP contribution in [0.5, 0.6) is 0 Å². The van der Waals surface area contributed by atoms with Crippen molar-refractivity contribution in [3.8, 4) is 0 Å². The molecule has 8 heteroatoms. The Morgan fingerprint density at radius 2 is 1.90 bits per heavy atom. The lowest BCUT2D eigenvalue weighted by molar-refractivity contribution is 0.0648. The second kappa shape index (κ2) is 7.89. The number of fused-ring (bicyclic) bond motifs is 1. The van der Waals surface area contributed by atoms with Gasteiger partial charge in [0.25, 0.3) is 5.91 Å². The summed E-state index contributed by atoms with van der Waals surface area (Å²) in [4.78, 5) is 27.4. The smallest absolute Gasteiger partial charge is 0.290 e. The molecule has 2 aromatic carbocycles. The van der Waals surface area contributed by atoms with Gasteiger partial charge in [0, 0.05) is 23.7 Å². The Morgan fingerprint density at radius 3 is 2.57 bits per heavy atom. The van der Waals surface area contributed by atoms with Crippen LogP contribution in [0.4, 0.5) is 0 Å². The Hall–Kier alpha value is -2.64. The number of hydrogen-bond acceptors (Lipinski definition) is 5. The van der Waals surface area contributed by atoms with Crippen LogP contribution in [0.2, 0.25) is 5.02 Å². The highest BCUT2D eigenvalue weighted by Gasteiger charge is 2.36. The van der Waals surface area contributed by atoms with E-state index in [-0.39, 0.29) is 29.2 Å². The van der Waals surface area contributed by atoms with Gasteiger partial charge in [-0.15, -0.1) is 0 Å². The Kier molecular flexibility index (Phi) is 5.42. The Morgan fingerprint density at radius 1 is 1.17 bits per heavy atom. The summed E-state index contributed by atoms with van der Waals surface area (Å²) in [6.07, 6.45) is 0.346. The van der Waals surface area contributed by atoms with Crippen LogP contribution < -0.4 is 5.43 Å². The van der Waals surface area contributed by atoms with Crippen molar-refractivity contribution in [1.82, 2.24) is 4.90 Å². The zero-order valence-corrected chi connectivity index (χ0v) is 17.9. The van der Waals surface area contributed by atoms with Crippen LogP contribution in [0.25, 0.3) is 11.0 Å². The van der Waals surface area contributed by atoms with Gasteiger partial charge in [0.05, 0.1) is 16.9 Å². The van der Waals surface area contributed by atoms with E-state index < -0.39 is 21.8 Å². The topological polar surface area (TPSA) is 84.7 Å². The maximum absolute atomic E-state index is 13.3. The highest BCUT2D eigenvalue weighted by atomic mass is 35.5. The van der Waals surface area contributed by atoms with Gasteiger partial charge < -0.3 is 9.32 Å². The quantitative estimate of drug-likeness (QED) is 0.612. The number of hydrogen-bond donors (Lipinski definition) is 0. The first-order chi connectivity index (χ1) is 14.2. The Labute approximate surface area is 179 Å². The number of nitrogens with zero attached hydrogens (tertiary/aromatic N) is 1. The molecule has 1 unspecified atom stereocenters. The number of carbonyl (C=O) groups excluding carboxylic acids is 1. The van der Waals surface area contributed by atoms with E-state index in [0.717, 1.165) is 11.1 Å². The molecule has 1 amide bonds. The summed E-state index contributed by atoms with van der Waals surface area (Å²) in [7, 11) is -3.21. The van der Waals surface area contributed by atoms with E-state index in [0.29, 0.717) is 22.4 Å². The van der Waals surface area contributed by atoms with Gasteiger partial charge in [-0.25, -0.2) is 8.42 Å². The molecule has 1 fully saturated rings. The normalized spacial score (nSPS) is 17.9. The molecule has 0 radical (unpaired) electrons. The van der Waals surface area contributed by atoms with Crippen LogP contribution in [-0.2, 0) is 16.4 Å². The monoisotopic (exact) mass is 445 g/mol. The third-order valence-electron chi connectivity index (χ3n) is 5.27. The maximum atomic E-state index is 13.3. The predicted molar refractivity (Wildman–Crippen MR) is 116 cm³/mol. The van der Waals surface area contributed by atoms with E-state index in [2.05, 4.69) is 0 Å². The number of halogens is 1. The van der Waals surface area contributed by atoms with E-state index in [9.17, 15) is 18.0 Å². The lowest BCUT2D eigenvalue weighted by Gasteiger charge is -2.28. The van der Waals surface area contributed by atoms with Crippen molar-refractivity contribution >= 4 is 38.3 Å². The first-order valence-electron chi connectivity index (χ1n) is 9.52. The molecule has 4 rings (SSSR count). The molecule has 1 aliphatic heterocycles.